The van der Waals surface area contributed by atoms with Crippen LogP contribution in [-0.2, 0) is 22.6 Å². The first-order valence-electron chi connectivity index (χ1n) is 10.2. The average Bonchev–Trinajstić information content (AvgIpc) is 3.11. The Morgan fingerprint density at radius 3 is 2.62 bits per heavy atom. The number of aromatic amines is 1. The van der Waals surface area contributed by atoms with Crippen molar-refractivity contribution in [3.63, 3.8) is 0 Å². The summed E-state index contributed by atoms with van der Waals surface area (Å²) in [4.78, 5) is 43.0. The quantitative estimate of drug-likeness (QED) is 0.724. The molecule has 4 amide bonds. The summed E-state index contributed by atoms with van der Waals surface area (Å²) in [7, 11) is 0. The van der Waals surface area contributed by atoms with Crippen LogP contribution in [0, 0.1) is 5.92 Å². The van der Waals surface area contributed by atoms with E-state index in [1.807, 2.05) is 12.1 Å². The van der Waals surface area contributed by atoms with Crippen LogP contribution in [0.15, 0.2) is 24.3 Å². The summed E-state index contributed by atoms with van der Waals surface area (Å²) in [5.41, 5.74) is 8.81. The standard InChI is InChI=1S/C21H27N5O3/c22-20(28)14-6-10-25(11-7-14)19(27)5-9-23-21(29)26-12-8-16-15-3-1-2-4-17(15)24-18(16)13-26/h1-4,14,24H,5-13H2,(H2,22,28)(H,23,29). The first kappa shape index (κ1) is 19.3. The maximum Gasteiger partial charge on any atom is 0.317 e. The zero-order valence-corrected chi connectivity index (χ0v) is 16.4. The predicted molar refractivity (Wildman–Crippen MR) is 109 cm³/mol. The summed E-state index contributed by atoms with van der Waals surface area (Å²) in [5.74, 6) is -0.416. The minimum Gasteiger partial charge on any atom is -0.369 e. The minimum absolute atomic E-state index is 0.00442. The number of hydrogen-bond donors (Lipinski definition) is 3. The van der Waals surface area contributed by atoms with E-state index in [0.717, 1.165) is 17.6 Å². The van der Waals surface area contributed by atoms with Gasteiger partial charge in [0.2, 0.25) is 11.8 Å². The first-order chi connectivity index (χ1) is 14.0. The lowest BCUT2D eigenvalue weighted by Gasteiger charge is -2.31. The summed E-state index contributed by atoms with van der Waals surface area (Å²) >= 11 is 0. The minimum atomic E-state index is -0.288. The normalized spacial score (nSPS) is 17.2. The van der Waals surface area contributed by atoms with Gasteiger partial charge in [0, 0.05) is 55.1 Å². The molecule has 0 radical (unpaired) electrons. The third-order valence-corrected chi connectivity index (χ3v) is 6.04. The van der Waals surface area contributed by atoms with Gasteiger partial charge in [0.1, 0.15) is 0 Å². The van der Waals surface area contributed by atoms with Gasteiger partial charge in [-0.3, -0.25) is 9.59 Å². The van der Waals surface area contributed by atoms with Crippen molar-refractivity contribution < 1.29 is 14.4 Å². The number of amides is 4. The number of piperidine rings is 1. The Labute approximate surface area is 169 Å². The van der Waals surface area contributed by atoms with E-state index in [2.05, 4.69) is 22.4 Å². The Morgan fingerprint density at radius 1 is 1.10 bits per heavy atom. The molecule has 1 saturated heterocycles. The first-order valence-corrected chi connectivity index (χ1v) is 10.2. The number of nitrogens with zero attached hydrogens (tertiary/aromatic N) is 2. The lowest BCUT2D eigenvalue weighted by Crippen LogP contribution is -2.45. The van der Waals surface area contributed by atoms with E-state index in [1.54, 1.807) is 9.80 Å². The van der Waals surface area contributed by atoms with Crippen LogP contribution < -0.4 is 11.1 Å². The molecule has 154 valence electrons. The van der Waals surface area contributed by atoms with E-state index in [9.17, 15) is 14.4 Å². The molecule has 2 aromatic rings. The van der Waals surface area contributed by atoms with Gasteiger partial charge in [0.05, 0.1) is 6.54 Å². The lowest BCUT2D eigenvalue weighted by atomic mass is 9.96. The number of likely N-dealkylation sites (tertiary alicyclic amines) is 1. The Morgan fingerprint density at radius 2 is 1.86 bits per heavy atom. The van der Waals surface area contributed by atoms with E-state index in [1.165, 1.54) is 10.9 Å². The molecule has 1 aromatic heterocycles. The highest BCUT2D eigenvalue weighted by atomic mass is 16.2. The molecule has 2 aliphatic heterocycles. The molecule has 4 rings (SSSR count). The number of fused-ring (bicyclic) bond motifs is 3. The van der Waals surface area contributed by atoms with Crippen molar-refractivity contribution in [2.24, 2.45) is 11.7 Å². The van der Waals surface area contributed by atoms with Gasteiger partial charge in [0.25, 0.3) is 0 Å². The fraction of sp³-hybridized carbons (Fsp3) is 0.476. The van der Waals surface area contributed by atoms with Gasteiger partial charge < -0.3 is 25.8 Å². The number of nitrogens with two attached hydrogens (primary N) is 1. The number of carbonyl (C=O) groups excluding carboxylic acids is 3. The fourth-order valence-electron chi connectivity index (χ4n) is 4.33. The second-order valence-electron chi connectivity index (χ2n) is 7.84. The zero-order chi connectivity index (χ0) is 20.4. The summed E-state index contributed by atoms with van der Waals surface area (Å²) in [5, 5.41) is 4.10. The molecule has 1 aromatic carbocycles. The smallest absolute Gasteiger partial charge is 0.317 e. The number of aromatic nitrogens is 1. The maximum absolute atomic E-state index is 12.5. The van der Waals surface area contributed by atoms with Crippen LogP contribution in [0.2, 0.25) is 0 Å². The van der Waals surface area contributed by atoms with Gasteiger partial charge >= 0.3 is 6.03 Å². The number of rotatable bonds is 4. The Kier molecular flexibility index (Phi) is 5.42. The maximum atomic E-state index is 12.5. The summed E-state index contributed by atoms with van der Waals surface area (Å²) in [6.07, 6.45) is 2.32. The van der Waals surface area contributed by atoms with Gasteiger partial charge in [-0.15, -0.1) is 0 Å². The zero-order valence-electron chi connectivity index (χ0n) is 16.4. The van der Waals surface area contributed by atoms with Crippen molar-refractivity contribution in [3.05, 3.63) is 35.5 Å². The molecule has 0 saturated carbocycles. The fourth-order valence-corrected chi connectivity index (χ4v) is 4.33. The number of urea groups is 1. The Balaban J connectivity index is 1.24. The molecule has 0 atom stereocenters. The highest BCUT2D eigenvalue weighted by Gasteiger charge is 2.26. The molecule has 0 bridgehead atoms. The summed E-state index contributed by atoms with van der Waals surface area (Å²) in [6.45, 7) is 2.62. The van der Waals surface area contributed by atoms with Crippen molar-refractivity contribution in [1.29, 1.82) is 0 Å². The van der Waals surface area contributed by atoms with Gasteiger partial charge in [0.15, 0.2) is 0 Å². The van der Waals surface area contributed by atoms with E-state index < -0.39 is 0 Å². The molecule has 0 unspecified atom stereocenters. The number of primary amides is 1. The van der Waals surface area contributed by atoms with Crippen molar-refractivity contribution in [2.75, 3.05) is 26.2 Å². The van der Waals surface area contributed by atoms with Crippen LogP contribution in [0.25, 0.3) is 10.9 Å². The molecule has 0 aliphatic carbocycles. The van der Waals surface area contributed by atoms with Crippen molar-refractivity contribution in [2.45, 2.75) is 32.2 Å². The van der Waals surface area contributed by atoms with E-state index in [0.29, 0.717) is 45.6 Å². The lowest BCUT2D eigenvalue weighted by molar-refractivity contribution is -0.134. The molecular weight excluding hydrogens is 370 g/mol. The Bertz CT molecular complexity index is 930. The Hall–Kier alpha value is -3.03. The number of benzene rings is 1. The number of hydrogen-bond acceptors (Lipinski definition) is 3. The molecule has 29 heavy (non-hydrogen) atoms. The molecule has 8 nitrogen and oxygen atoms in total. The van der Waals surface area contributed by atoms with Gasteiger partial charge in [-0.05, 0) is 30.9 Å². The molecule has 0 spiro atoms. The highest BCUT2D eigenvalue weighted by Crippen LogP contribution is 2.27. The van der Waals surface area contributed by atoms with Crippen LogP contribution in [0.4, 0.5) is 4.79 Å². The second-order valence-corrected chi connectivity index (χ2v) is 7.84. The van der Waals surface area contributed by atoms with E-state index in [-0.39, 0.29) is 30.2 Å². The topological polar surface area (TPSA) is 112 Å². The number of nitrogens with one attached hydrogen (secondary N) is 2. The number of carbonyl (C=O) groups is 3. The van der Waals surface area contributed by atoms with Crippen LogP contribution in [0.1, 0.15) is 30.5 Å². The monoisotopic (exact) mass is 397 g/mol. The molecule has 8 heteroatoms. The van der Waals surface area contributed by atoms with Crippen LogP contribution in [-0.4, -0.2) is 58.8 Å². The van der Waals surface area contributed by atoms with Crippen LogP contribution in [0.3, 0.4) is 0 Å². The van der Waals surface area contributed by atoms with Crippen LogP contribution >= 0.6 is 0 Å². The van der Waals surface area contributed by atoms with E-state index in [4.69, 9.17) is 5.73 Å². The highest BCUT2D eigenvalue weighted by molar-refractivity contribution is 5.85. The molecule has 3 heterocycles. The molecular formula is C21H27N5O3. The summed E-state index contributed by atoms with van der Waals surface area (Å²) in [6, 6.07) is 8.05. The van der Waals surface area contributed by atoms with Crippen LogP contribution in [0.5, 0.6) is 0 Å². The molecule has 1 fully saturated rings. The van der Waals surface area contributed by atoms with Gasteiger partial charge in [-0.2, -0.15) is 0 Å². The number of para-hydroxylation sites is 1. The van der Waals surface area contributed by atoms with Crippen molar-refractivity contribution in [3.8, 4) is 0 Å². The second kappa shape index (κ2) is 8.14. The average molecular weight is 397 g/mol. The van der Waals surface area contributed by atoms with E-state index >= 15 is 0 Å². The predicted octanol–water partition coefficient (Wildman–Crippen LogP) is 1.35. The van der Waals surface area contributed by atoms with Gasteiger partial charge in [-0.25, -0.2) is 4.79 Å². The molecule has 2 aliphatic rings. The summed E-state index contributed by atoms with van der Waals surface area (Å²) < 4.78 is 0. The van der Waals surface area contributed by atoms with Crippen molar-refractivity contribution in [1.82, 2.24) is 20.1 Å². The number of H-pyrrole nitrogens is 1. The van der Waals surface area contributed by atoms with Crippen molar-refractivity contribution >= 4 is 28.7 Å². The third kappa shape index (κ3) is 4.06. The van der Waals surface area contributed by atoms with Gasteiger partial charge in [-0.1, -0.05) is 18.2 Å². The molecule has 4 N–H and O–H groups in total. The third-order valence-electron chi connectivity index (χ3n) is 6.04. The SMILES string of the molecule is NC(=O)C1CCN(C(=O)CCNC(=O)N2CCc3c([nH]c4ccccc34)C2)CC1. The largest absolute Gasteiger partial charge is 0.369 e.